The molecule has 2 amide bonds. The summed E-state index contributed by atoms with van der Waals surface area (Å²) in [7, 11) is 0. The molecule has 1 aliphatic rings. The minimum Gasteiger partial charge on any atom is -0.353 e. The van der Waals surface area contributed by atoms with Gasteiger partial charge in [-0.3, -0.25) is 19.0 Å². The summed E-state index contributed by atoms with van der Waals surface area (Å²) in [6.07, 6.45) is -1.56. The summed E-state index contributed by atoms with van der Waals surface area (Å²) in [5, 5.41) is 2.66. The van der Waals surface area contributed by atoms with E-state index in [1.165, 1.54) is 23.0 Å². The Bertz CT molecular complexity index is 1590. The Balaban J connectivity index is 1.30. The van der Waals surface area contributed by atoms with Crippen LogP contribution in [-0.4, -0.2) is 57.4 Å². The van der Waals surface area contributed by atoms with Gasteiger partial charge in [0.2, 0.25) is 5.91 Å². The topological polar surface area (TPSA) is 100 Å². The van der Waals surface area contributed by atoms with Crippen LogP contribution in [0.5, 0.6) is 0 Å². The molecule has 4 aromatic rings. The number of fused-ring (bicyclic) bond motifs is 1. The van der Waals surface area contributed by atoms with Crippen LogP contribution in [0.3, 0.4) is 0 Å². The maximum Gasteiger partial charge on any atom is 0.416 e. The zero-order chi connectivity index (χ0) is 27.7. The Kier molecular flexibility index (Phi) is 7.08. The second-order valence-electron chi connectivity index (χ2n) is 9.00. The molecule has 5 rings (SSSR count). The predicted molar refractivity (Wildman–Crippen MR) is 141 cm³/mol. The highest BCUT2D eigenvalue weighted by Crippen LogP contribution is 2.32. The third-order valence-electron chi connectivity index (χ3n) is 6.48. The zero-order valence-electron chi connectivity index (χ0n) is 20.7. The van der Waals surface area contributed by atoms with Crippen molar-refractivity contribution in [1.29, 1.82) is 0 Å². The average molecular weight is 557 g/mol. The lowest BCUT2D eigenvalue weighted by Crippen LogP contribution is -2.50. The standard InChI is InChI=1S/C26H23F3N6O3S/c1-16-21-24(39-22(16)23(37)32-18-6-4-5-17(13-18)26(27,28)29)31-15-35(25(21)38)14-20(36)34-11-9-33(10-12-34)19-7-2-3-8-30-19/h2-8,13,15H,9-12,14H2,1H3,(H,32,37). The molecule has 0 radical (unpaired) electrons. The number of halogens is 3. The summed E-state index contributed by atoms with van der Waals surface area (Å²) in [6.45, 7) is 3.57. The molecule has 13 heteroatoms. The van der Waals surface area contributed by atoms with Gasteiger partial charge in [0.05, 0.1) is 22.2 Å². The number of benzene rings is 1. The summed E-state index contributed by atoms with van der Waals surface area (Å²) in [4.78, 5) is 51.9. The lowest BCUT2D eigenvalue weighted by Gasteiger charge is -2.35. The highest BCUT2D eigenvalue weighted by atomic mass is 32.1. The molecule has 0 aliphatic carbocycles. The fourth-order valence-electron chi connectivity index (χ4n) is 4.42. The van der Waals surface area contributed by atoms with Gasteiger partial charge >= 0.3 is 6.18 Å². The van der Waals surface area contributed by atoms with Gasteiger partial charge in [0.1, 0.15) is 17.2 Å². The van der Waals surface area contributed by atoms with Crippen molar-refractivity contribution in [3.8, 4) is 0 Å². The molecule has 0 spiro atoms. The summed E-state index contributed by atoms with van der Waals surface area (Å²) in [5.74, 6) is -0.0340. The highest BCUT2D eigenvalue weighted by Gasteiger charge is 2.31. The van der Waals surface area contributed by atoms with Crippen LogP contribution in [0.4, 0.5) is 24.7 Å². The number of piperazine rings is 1. The Morgan fingerprint density at radius 2 is 1.82 bits per heavy atom. The Morgan fingerprint density at radius 3 is 2.51 bits per heavy atom. The van der Waals surface area contributed by atoms with Crippen LogP contribution in [0.2, 0.25) is 0 Å². The lowest BCUT2D eigenvalue weighted by atomic mass is 10.1. The van der Waals surface area contributed by atoms with Crippen molar-refractivity contribution in [2.75, 3.05) is 36.4 Å². The van der Waals surface area contributed by atoms with E-state index in [4.69, 9.17) is 0 Å². The van der Waals surface area contributed by atoms with Crippen molar-refractivity contribution in [2.24, 2.45) is 0 Å². The number of hydrogen-bond acceptors (Lipinski definition) is 7. The van der Waals surface area contributed by atoms with Crippen LogP contribution in [0.15, 0.2) is 59.8 Å². The van der Waals surface area contributed by atoms with E-state index < -0.39 is 23.2 Å². The summed E-state index contributed by atoms with van der Waals surface area (Å²) < 4.78 is 40.3. The number of hydrogen-bond donors (Lipinski definition) is 1. The lowest BCUT2D eigenvalue weighted by molar-refractivity contribution is -0.137. The van der Waals surface area contributed by atoms with Crippen molar-refractivity contribution in [2.45, 2.75) is 19.6 Å². The first-order valence-corrected chi connectivity index (χ1v) is 12.8. The quantitative estimate of drug-likeness (QED) is 0.402. The minimum atomic E-state index is -4.55. The largest absolute Gasteiger partial charge is 0.416 e. The first kappa shape index (κ1) is 26.4. The fraction of sp³-hybridized carbons (Fsp3) is 0.269. The van der Waals surface area contributed by atoms with Gasteiger partial charge in [-0.2, -0.15) is 13.2 Å². The monoisotopic (exact) mass is 556 g/mol. The number of aryl methyl sites for hydroxylation is 1. The number of aromatic nitrogens is 3. The van der Waals surface area contributed by atoms with Gasteiger partial charge in [0, 0.05) is 38.1 Å². The van der Waals surface area contributed by atoms with Gasteiger partial charge in [0.15, 0.2) is 0 Å². The average Bonchev–Trinajstić information content (AvgIpc) is 3.27. The van der Waals surface area contributed by atoms with Gasteiger partial charge in [-0.1, -0.05) is 12.1 Å². The number of nitrogens with zero attached hydrogens (tertiary/aromatic N) is 5. The smallest absolute Gasteiger partial charge is 0.353 e. The number of amides is 2. The highest BCUT2D eigenvalue weighted by molar-refractivity contribution is 7.20. The van der Waals surface area contributed by atoms with E-state index in [0.29, 0.717) is 36.6 Å². The number of pyridine rings is 1. The molecular weight excluding hydrogens is 533 g/mol. The first-order valence-electron chi connectivity index (χ1n) is 12.0. The van der Waals surface area contributed by atoms with Crippen molar-refractivity contribution in [3.05, 3.63) is 81.3 Å². The SMILES string of the molecule is Cc1c(C(=O)Nc2cccc(C(F)(F)F)c2)sc2ncn(CC(=O)N3CCN(c4ccccn4)CC3)c(=O)c12. The third kappa shape index (κ3) is 5.48. The van der Waals surface area contributed by atoms with Crippen molar-refractivity contribution in [1.82, 2.24) is 19.4 Å². The normalized spacial score (nSPS) is 14.1. The van der Waals surface area contributed by atoms with Gasteiger partial charge in [-0.25, -0.2) is 9.97 Å². The summed E-state index contributed by atoms with van der Waals surface area (Å²) in [6, 6.07) is 9.96. The maximum absolute atomic E-state index is 13.2. The van der Waals surface area contributed by atoms with Crippen LogP contribution in [0, 0.1) is 6.92 Å². The third-order valence-corrected chi connectivity index (χ3v) is 7.68. The predicted octanol–water partition coefficient (Wildman–Crippen LogP) is 3.78. The second-order valence-corrected chi connectivity index (χ2v) is 10.0. The van der Waals surface area contributed by atoms with Crippen LogP contribution < -0.4 is 15.8 Å². The van der Waals surface area contributed by atoms with E-state index >= 15 is 0 Å². The van der Waals surface area contributed by atoms with Crippen molar-refractivity contribution in [3.63, 3.8) is 0 Å². The summed E-state index contributed by atoms with van der Waals surface area (Å²) >= 11 is 0.963. The number of thiophene rings is 1. The minimum absolute atomic E-state index is 0.0224. The van der Waals surface area contributed by atoms with Crippen LogP contribution in [-0.2, 0) is 17.5 Å². The first-order chi connectivity index (χ1) is 18.6. The molecule has 1 aliphatic heterocycles. The molecule has 202 valence electrons. The molecule has 0 saturated carbocycles. The van der Waals surface area contributed by atoms with Crippen LogP contribution in [0.25, 0.3) is 10.2 Å². The number of carbonyl (C=O) groups is 2. The number of nitrogens with one attached hydrogen (secondary N) is 1. The van der Waals surface area contributed by atoms with E-state index in [2.05, 4.69) is 20.2 Å². The molecule has 3 aromatic heterocycles. The molecule has 0 atom stereocenters. The molecule has 39 heavy (non-hydrogen) atoms. The Hall–Kier alpha value is -4.26. The van der Waals surface area contributed by atoms with E-state index in [1.807, 2.05) is 18.2 Å². The molecule has 0 bridgehead atoms. The molecule has 1 aromatic carbocycles. The van der Waals surface area contributed by atoms with E-state index in [-0.39, 0.29) is 28.4 Å². The molecule has 4 heterocycles. The number of carbonyl (C=O) groups excluding carboxylic acids is 2. The molecule has 9 nitrogen and oxygen atoms in total. The molecular formula is C26H23F3N6O3S. The number of alkyl halides is 3. The van der Waals surface area contributed by atoms with Gasteiger partial charge in [-0.15, -0.1) is 11.3 Å². The van der Waals surface area contributed by atoms with Gasteiger partial charge in [0.25, 0.3) is 11.5 Å². The Labute approximate surface area is 224 Å². The summed E-state index contributed by atoms with van der Waals surface area (Å²) in [5.41, 5.74) is -1.03. The Morgan fingerprint density at radius 1 is 1.05 bits per heavy atom. The number of rotatable bonds is 5. The van der Waals surface area contributed by atoms with Crippen molar-refractivity contribution < 1.29 is 22.8 Å². The molecule has 1 saturated heterocycles. The molecule has 1 N–H and O–H groups in total. The zero-order valence-corrected chi connectivity index (χ0v) is 21.6. The van der Waals surface area contributed by atoms with Crippen LogP contribution >= 0.6 is 11.3 Å². The van der Waals surface area contributed by atoms with Gasteiger partial charge < -0.3 is 15.1 Å². The fourth-order valence-corrected chi connectivity index (χ4v) is 5.46. The second kappa shape index (κ2) is 10.5. The van der Waals surface area contributed by atoms with E-state index in [0.717, 1.165) is 29.3 Å². The maximum atomic E-state index is 13.2. The van der Waals surface area contributed by atoms with E-state index in [1.54, 1.807) is 18.0 Å². The van der Waals surface area contributed by atoms with Crippen LogP contribution in [0.1, 0.15) is 20.8 Å². The number of anilines is 2. The molecule has 0 unspecified atom stereocenters. The van der Waals surface area contributed by atoms with Gasteiger partial charge in [-0.05, 0) is 42.8 Å². The van der Waals surface area contributed by atoms with Crippen molar-refractivity contribution >= 4 is 44.9 Å². The van der Waals surface area contributed by atoms with E-state index in [9.17, 15) is 27.6 Å². The molecule has 1 fully saturated rings.